The van der Waals surface area contributed by atoms with E-state index in [-0.39, 0.29) is 11.7 Å². The van der Waals surface area contributed by atoms with Crippen LogP contribution >= 0.6 is 0 Å². The smallest absolute Gasteiger partial charge is 0.163 e. The minimum Gasteiger partial charge on any atom is -0.303 e. The molecule has 2 nitrogen and oxygen atoms in total. The molecule has 1 aromatic rings. The molecule has 1 aromatic carbocycles. The first-order valence-electron chi connectivity index (χ1n) is 6.81. The lowest BCUT2D eigenvalue weighted by atomic mass is 9.94. The van der Waals surface area contributed by atoms with Crippen molar-refractivity contribution >= 4 is 12.1 Å². The van der Waals surface area contributed by atoms with Gasteiger partial charge in [0.2, 0.25) is 0 Å². The maximum Gasteiger partial charge on any atom is 0.163 e. The van der Waals surface area contributed by atoms with Crippen LogP contribution < -0.4 is 0 Å². The van der Waals surface area contributed by atoms with Gasteiger partial charge in [-0.15, -0.1) is 0 Å². The molecule has 0 aliphatic carbocycles. The Balaban J connectivity index is 2.38. The molecule has 0 aliphatic heterocycles. The quantitative estimate of drug-likeness (QED) is 0.374. The van der Waals surface area contributed by atoms with Crippen molar-refractivity contribution in [2.75, 3.05) is 0 Å². The largest absolute Gasteiger partial charge is 0.303 e. The number of hydrogen-bond acceptors (Lipinski definition) is 2. The highest BCUT2D eigenvalue weighted by Crippen LogP contribution is 2.15. The van der Waals surface area contributed by atoms with E-state index < -0.39 is 0 Å². The Labute approximate surface area is 109 Å². The van der Waals surface area contributed by atoms with Crippen molar-refractivity contribution in [3.8, 4) is 0 Å². The van der Waals surface area contributed by atoms with Crippen molar-refractivity contribution < 1.29 is 9.59 Å². The van der Waals surface area contributed by atoms with E-state index in [9.17, 15) is 9.59 Å². The van der Waals surface area contributed by atoms with Crippen LogP contribution in [0.4, 0.5) is 0 Å². The van der Waals surface area contributed by atoms with Crippen molar-refractivity contribution in [1.29, 1.82) is 0 Å². The van der Waals surface area contributed by atoms with Crippen LogP contribution in [0.1, 0.15) is 55.8 Å². The van der Waals surface area contributed by atoms with Crippen molar-refractivity contribution in [3.63, 3.8) is 0 Å². The molecular formula is C16H22O2. The molecular weight excluding hydrogens is 224 g/mol. The first kappa shape index (κ1) is 14.6. The Morgan fingerprint density at radius 1 is 1.17 bits per heavy atom. The van der Waals surface area contributed by atoms with Gasteiger partial charge in [-0.1, -0.05) is 62.9 Å². The van der Waals surface area contributed by atoms with E-state index in [1.54, 1.807) is 12.1 Å². The first-order chi connectivity index (χ1) is 8.77. The number of carbonyl (C=O) groups is 2. The molecule has 1 unspecified atom stereocenters. The predicted molar refractivity (Wildman–Crippen MR) is 73.7 cm³/mol. The summed E-state index contributed by atoms with van der Waals surface area (Å²) in [6.45, 7) is 2.16. The zero-order chi connectivity index (χ0) is 13.2. The lowest BCUT2D eigenvalue weighted by molar-refractivity contribution is -0.111. The summed E-state index contributed by atoms with van der Waals surface area (Å²) in [5, 5.41) is 0. The third-order valence-corrected chi connectivity index (χ3v) is 3.16. The normalized spacial score (nSPS) is 12.1. The maximum atomic E-state index is 11.9. The standard InChI is InChI=1S/C16H22O2/c1-2-3-4-6-9-14(13-17)12-16(18)15-10-7-5-8-11-15/h5,7-8,10-11,13-14H,2-4,6,9,12H2,1H3. The molecule has 0 amide bonds. The number of hydrogen-bond donors (Lipinski definition) is 0. The summed E-state index contributed by atoms with van der Waals surface area (Å²) in [6, 6.07) is 9.20. The molecule has 0 radical (unpaired) electrons. The number of carbonyl (C=O) groups excluding carboxylic acids is 2. The number of benzene rings is 1. The zero-order valence-corrected chi connectivity index (χ0v) is 11.1. The van der Waals surface area contributed by atoms with Crippen LogP contribution in [-0.4, -0.2) is 12.1 Å². The summed E-state index contributed by atoms with van der Waals surface area (Å²) >= 11 is 0. The summed E-state index contributed by atoms with van der Waals surface area (Å²) in [4.78, 5) is 22.9. The summed E-state index contributed by atoms with van der Waals surface area (Å²) in [5.41, 5.74) is 0.706. The van der Waals surface area contributed by atoms with Gasteiger partial charge in [-0.05, 0) is 6.42 Å². The second-order valence-corrected chi connectivity index (χ2v) is 4.74. The van der Waals surface area contributed by atoms with Crippen molar-refractivity contribution in [3.05, 3.63) is 35.9 Å². The van der Waals surface area contributed by atoms with Crippen molar-refractivity contribution in [2.45, 2.75) is 45.4 Å². The minimum absolute atomic E-state index is 0.0724. The molecule has 0 aliphatic rings. The monoisotopic (exact) mass is 246 g/mol. The van der Waals surface area contributed by atoms with Gasteiger partial charge in [0.1, 0.15) is 6.29 Å². The molecule has 0 spiro atoms. The topological polar surface area (TPSA) is 34.1 Å². The number of rotatable bonds is 9. The van der Waals surface area contributed by atoms with Crippen molar-refractivity contribution in [1.82, 2.24) is 0 Å². The van der Waals surface area contributed by atoms with Crippen LogP contribution in [0.25, 0.3) is 0 Å². The Morgan fingerprint density at radius 2 is 1.89 bits per heavy atom. The number of aldehydes is 1. The summed E-state index contributed by atoms with van der Waals surface area (Å²) in [7, 11) is 0. The molecule has 1 rings (SSSR count). The van der Waals surface area contributed by atoms with E-state index in [4.69, 9.17) is 0 Å². The number of Topliss-reactive ketones (excluding diaryl/α,β-unsaturated/α-hetero) is 1. The highest BCUT2D eigenvalue weighted by molar-refractivity contribution is 5.97. The SMILES string of the molecule is CCCCCCC(C=O)CC(=O)c1ccccc1. The van der Waals surface area contributed by atoms with Crippen LogP contribution in [0.2, 0.25) is 0 Å². The molecule has 0 aromatic heterocycles. The highest BCUT2D eigenvalue weighted by atomic mass is 16.1. The first-order valence-corrected chi connectivity index (χ1v) is 6.81. The van der Waals surface area contributed by atoms with Gasteiger partial charge in [0.05, 0.1) is 0 Å². The average Bonchev–Trinajstić information content (AvgIpc) is 2.43. The maximum absolute atomic E-state index is 11.9. The van der Waals surface area contributed by atoms with Gasteiger partial charge in [-0.25, -0.2) is 0 Å². The van der Waals surface area contributed by atoms with E-state index in [1.807, 2.05) is 18.2 Å². The Bertz CT molecular complexity index is 357. The molecule has 0 heterocycles. The fraction of sp³-hybridized carbons (Fsp3) is 0.500. The Kier molecular flexibility index (Phi) is 7.00. The lowest BCUT2D eigenvalue weighted by Crippen LogP contribution is -2.10. The molecule has 1 atom stereocenters. The van der Waals surface area contributed by atoms with Crippen LogP contribution in [0.5, 0.6) is 0 Å². The molecule has 0 N–H and O–H groups in total. The zero-order valence-electron chi connectivity index (χ0n) is 11.1. The average molecular weight is 246 g/mol. The fourth-order valence-corrected chi connectivity index (χ4v) is 2.03. The summed E-state index contributed by atoms with van der Waals surface area (Å²) in [6.07, 6.45) is 6.71. The Hall–Kier alpha value is -1.44. The fourth-order valence-electron chi connectivity index (χ4n) is 2.03. The predicted octanol–water partition coefficient (Wildman–Crippen LogP) is 4.04. The van der Waals surface area contributed by atoms with Gasteiger partial charge in [0.15, 0.2) is 5.78 Å². The van der Waals surface area contributed by atoms with Crippen LogP contribution in [0.3, 0.4) is 0 Å². The third-order valence-electron chi connectivity index (χ3n) is 3.16. The van der Waals surface area contributed by atoms with Crippen LogP contribution in [0, 0.1) is 5.92 Å². The van der Waals surface area contributed by atoms with E-state index in [1.165, 1.54) is 12.8 Å². The van der Waals surface area contributed by atoms with E-state index in [2.05, 4.69) is 6.92 Å². The highest BCUT2D eigenvalue weighted by Gasteiger charge is 2.14. The summed E-state index contributed by atoms with van der Waals surface area (Å²) < 4.78 is 0. The molecule has 0 saturated carbocycles. The second-order valence-electron chi connectivity index (χ2n) is 4.74. The summed E-state index contributed by atoms with van der Waals surface area (Å²) in [5.74, 6) is -0.0437. The molecule has 0 bridgehead atoms. The van der Waals surface area contributed by atoms with Gasteiger partial charge in [0.25, 0.3) is 0 Å². The molecule has 98 valence electrons. The van der Waals surface area contributed by atoms with Crippen molar-refractivity contribution in [2.24, 2.45) is 5.92 Å². The molecule has 18 heavy (non-hydrogen) atoms. The van der Waals surface area contributed by atoms with Gasteiger partial charge < -0.3 is 4.79 Å². The lowest BCUT2D eigenvalue weighted by Gasteiger charge is -2.09. The molecule has 2 heteroatoms. The van der Waals surface area contributed by atoms with Gasteiger partial charge in [0, 0.05) is 17.9 Å². The number of ketones is 1. The third kappa shape index (κ3) is 5.26. The van der Waals surface area contributed by atoms with E-state index in [0.29, 0.717) is 12.0 Å². The van der Waals surface area contributed by atoms with E-state index >= 15 is 0 Å². The van der Waals surface area contributed by atoms with Gasteiger partial charge >= 0.3 is 0 Å². The van der Waals surface area contributed by atoms with Crippen LogP contribution in [0.15, 0.2) is 30.3 Å². The molecule has 0 saturated heterocycles. The van der Waals surface area contributed by atoms with Gasteiger partial charge in [-0.3, -0.25) is 4.79 Å². The Morgan fingerprint density at radius 3 is 2.50 bits per heavy atom. The van der Waals surface area contributed by atoms with Crippen LogP contribution in [-0.2, 0) is 4.79 Å². The van der Waals surface area contributed by atoms with E-state index in [0.717, 1.165) is 25.5 Å². The van der Waals surface area contributed by atoms with Gasteiger partial charge in [-0.2, -0.15) is 0 Å². The minimum atomic E-state index is -0.116. The number of unbranched alkanes of at least 4 members (excludes halogenated alkanes) is 3. The molecule has 0 fully saturated rings. The second kappa shape index (κ2) is 8.62.